The second-order valence-electron chi connectivity index (χ2n) is 15.0. The Bertz CT molecular complexity index is 3960. The van der Waals surface area contributed by atoms with Crippen molar-refractivity contribution in [2.75, 3.05) is 0 Å². The van der Waals surface area contributed by atoms with Crippen LogP contribution < -0.4 is 0 Å². The third kappa shape index (κ3) is 3.51. The van der Waals surface area contributed by atoms with Gasteiger partial charge in [-0.1, -0.05) is 115 Å². The molecule has 0 aliphatic rings. The lowest BCUT2D eigenvalue weighted by Crippen LogP contribution is -2.06. The van der Waals surface area contributed by atoms with Crippen LogP contribution >= 0.6 is 11.3 Å². The number of para-hydroxylation sites is 4. The molecule has 258 valence electrons. The highest BCUT2D eigenvalue weighted by Gasteiger charge is 2.27. The monoisotopic (exact) mass is 729 g/mol. The van der Waals surface area contributed by atoms with Crippen molar-refractivity contribution in [2.45, 2.75) is 0 Å². The summed E-state index contributed by atoms with van der Waals surface area (Å²) in [5.41, 5.74) is 9.15. The highest BCUT2D eigenvalue weighted by molar-refractivity contribution is 7.26. The van der Waals surface area contributed by atoms with E-state index in [1.54, 1.807) is 11.3 Å². The fourth-order valence-electron chi connectivity index (χ4n) is 9.88. The van der Waals surface area contributed by atoms with Gasteiger partial charge in [0.2, 0.25) is 5.95 Å². The van der Waals surface area contributed by atoms with Gasteiger partial charge in [0.1, 0.15) is 0 Å². The maximum absolute atomic E-state index is 5.69. The topological polar surface area (TPSA) is 40.0 Å². The molecule has 14 aromatic rings. The molecule has 0 saturated carbocycles. The molecule has 0 atom stereocenters. The van der Waals surface area contributed by atoms with Crippen LogP contribution in [0.3, 0.4) is 0 Å². The molecule has 0 spiro atoms. The zero-order chi connectivity index (χ0) is 36.2. The van der Waals surface area contributed by atoms with Crippen molar-refractivity contribution in [1.29, 1.82) is 0 Å². The van der Waals surface area contributed by atoms with Crippen molar-refractivity contribution in [3.05, 3.63) is 164 Å². The van der Waals surface area contributed by atoms with E-state index in [1.807, 2.05) is 0 Å². The predicted molar refractivity (Wildman–Crippen MR) is 236 cm³/mol. The molecule has 0 bridgehead atoms. The number of hydrogen-bond donors (Lipinski definition) is 0. The molecular formula is C50H27N5S. The second kappa shape index (κ2) is 10.3. The molecule has 6 aromatic heterocycles. The SMILES string of the molecule is c1ccc2cc3c(cc2c1)c1c2c4ccccc4n(-c4nc(-n5c6ccccc6c6ccccc65)nc5c4sc4ccccc45)c2cc2c4ccccc4n3c21. The maximum Gasteiger partial charge on any atom is 0.237 e. The van der Waals surface area contributed by atoms with E-state index in [0.717, 1.165) is 43.5 Å². The Kier molecular flexibility index (Phi) is 5.34. The number of aromatic nitrogens is 5. The van der Waals surface area contributed by atoms with Crippen LogP contribution in [-0.2, 0) is 0 Å². The van der Waals surface area contributed by atoms with Crippen LogP contribution in [0, 0.1) is 0 Å². The normalized spacial score (nSPS) is 12.6. The molecule has 8 aromatic carbocycles. The van der Waals surface area contributed by atoms with Crippen LogP contribution in [0.2, 0.25) is 0 Å². The van der Waals surface area contributed by atoms with Gasteiger partial charge in [-0.15, -0.1) is 11.3 Å². The molecular weight excluding hydrogens is 703 g/mol. The van der Waals surface area contributed by atoms with Gasteiger partial charge in [0, 0.05) is 53.2 Å². The highest BCUT2D eigenvalue weighted by atomic mass is 32.1. The van der Waals surface area contributed by atoms with Crippen molar-refractivity contribution in [3.8, 4) is 11.8 Å². The first-order valence-electron chi connectivity index (χ1n) is 19.0. The lowest BCUT2D eigenvalue weighted by molar-refractivity contribution is 0.976. The first kappa shape index (κ1) is 29.1. The third-order valence-electron chi connectivity index (χ3n) is 12.1. The molecule has 0 radical (unpaired) electrons. The highest BCUT2D eigenvalue weighted by Crippen LogP contribution is 2.48. The zero-order valence-corrected chi connectivity index (χ0v) is 30.5. The average molecular weight is 730 g/mol. The third-order valence-corrected chi connectivity index (χ3v) is 13.3. The van der Waals surface area contributed by atoms with Gasteiger partial charge < -0.3 is 4.40 Å². The Morgan fingerprint density at radius 2 is 0.964 bits per heavy atom. The molecule has 0 saturated heterocycles. The largest absolute Gasteiger partial charge is 0.308 e. The van der Waals surface area contributed by atoms with Crippen molar-refractivity contribution in [1.82, 2.24) is 23.5 Å². The minimum absolute atomic E-state index is 0.665. The second-order valence-corrected chi connectivity index (χ2v) is 16.0. The molecule has 0 fully saturated rings. The summed E-state index contributed by atoms with van der Waals surface area (Å²) < 4.78 is 9.46. The van der Waals surface area contributed by atoms with Gasteiger partial charge in [0.25, 0.3) is 0 Å². The van der Waals surface area contributed by atoms with E-state index in [-0.39, 0.29) is 0 Å². The quantitative estimate of drug-likeness (QED) is 0.178. The molecule has 56 heavy (non-hydrogen) atoms. The fourth-order valence-corrected chi connectivity index (χ4v) is 11.0. The average Bonchev–Trinajstić information content (AvgIpc) is 4.04. The van der Waals surface area contributed by atoms with Crippen LogP contribution in [0.1, 0.15) is 0 Å². The van der Waals surface area contributed by atoms with Crippen LogP contribution in [0.15, 0.2) is 164 Å². The minimum atomic E-state index is 0.665. The molecule has 5 nitrogen and oxygen atoms in total. The van der Waals surface area contributed by atoms with E-state index < -0.39 is 0 Å². The van der Waals surface area contributed by atoms with Gasteiger partial charge in [0.05, 0.1) is 48.8 Å². The summed E-state index contributed by atoms with van der Waals surface area (Å²) in [6.07, 6.45) is 0. The van der Waals surface area contributed by atoms with Gasteiger partial charge in [-0.25, -0.2) is 4.98 Å². The number of rotatable bonds is 2. The zero-order valence-electron chi connectivity index (χ0n) is 29.7. The summed E-state index contributed by atoms with van der Waals surface area (Å²) >= 11 is 1.78. The summed E-state index contributed by atoms with van der Waals surface area (Å²) in [4.78, 5) is 11.2. The number of benzene rings is 8. The van der Waals surface area contributed by atoms with Crippen molar-refractivity contribution < 1.29 is 0 Å². The Hall–Kier alpha value is -7.28. The van der Waals surface area contributed by atoms with E-state index in [4.69, 9.17) is 9.97 Å². The van der Waals surface area contributed by atoms with Crippen LogP contribution in [0.5, 0.6) is 0 Å². The lowest BCUT2D eigenvalue weighted by atomic mass is 10.0. The Morgan fingerprint density at radius 1 is 0.393 bits per heavy atom. The van der Waals surface area contributed by atoms with Crippen molar-refractivity contribution >= 4 is 124 Å². The first-order valence-corrected chi connectivity index (χ1v) is 19.8. The van der Waals surface area contributed by atoms with E-state index >= 15 is 0 Å². The molecule has 6 heteroatoms. The Morgan fingerprint density at radius 3 is 1.70 bits per heavy atom. The number of fused-ring (bicyclic) bond motifs is 17. The summed E-state index contributed by atoms with van der Waals surface area (Å²) in [5, 5.41) is 13.5. The Labute approximate surface area is 321 Å². The van der Waals surface area contributed by atoms with Gasteiger partial charge in [0.15, 0.2) is 5.82 Å². The molecule has 0 unspecified atom stereocenters. The van der Waals surface area contributed by atoms with Gasteiger partial charge in [-0.2, -0.15) is 4.98 Å². The standard InChI is InChI=1S/C50H27N5S/c1-2-14-29-26-41-36(25-28(29)13-1)45-44-33-18-6-11-23-40(33)54(42(44)27-35-32-17-5-8-20-37(32)53(41)47(35)45)49-48-46(34-19-7-12-24-43(34)56-48)51-50(52-49)55-38-21-9-3-15-30(38)31-16-4-10-22-39(31)55/h1-27H. The first-order chi connectivity index (χ1) is 27.8. The summed E-state index contributed by atoms with van der Waals surface area (Å²) in [6.45, 7) is 0. The smallest absolute Gasteiger partial charge is 0.237 e. The summed E-state index contributed by atoms with van der Waals surface area (Å²) in [5.74, 6) is 1.56. The molecule has 14 rings (SSSR count). The molecule has 0 amide bonds. The predicted octanol–water partition coefficient (Wildman–Crippen LogP) is 13.3. The van der Waals surface area contributed by atoms with Gasteiger partial charge in [-0.3, -0.25) is 9.13 Å². The number of nitrogens with zero attached hydrogens (tertiary/aromatic N) is 5. The minimum Gasteiger partial charge on any atom is -0.308 e. The van der Waals surface area contributed by atoms with Crippen molar-refractivity contribution in [2.24, 2.45) is 0 Å². The van der Waals surface area contributed by atoms with E-state index in [1.165, 1.54) is 75.1 Å². The Balaban J connectivity index is 1.22. The van der Waals surface area contributed by atoms with Crippen LogP contribution in [0.4, 0.5) is 0 Å². The van der Waals surface area contributed by atoms with E-state index in [9.17, 15) is 0 Å². The van der Waals surface area contributed by atoms with Crippen LogP contribution in [-0.4, -0.2) is 23.5 Å². The molecule has 6 heterocycles. The van der Waals surface area contributed by atoms with Gasteiger partial charge >= 0.3 is 0 Å². The maximum atomic E-state index is 5.69. The van der Waals surface area contributed by atoms with Crippen LogP contribution in [0.25, 0.3) is 125 Å². The fraction of sp³-hybridized carbons (Fsp3) is 0. The summed E-state index contributed by atoms with van der Waals surface area (Å²) in [6, 6.07) is 59.6. The number of hydrogen-bond acceptors (Lipinski definition) is 3. The molecule has 0 aliphatic carbocycles. The summed E-state index contributed by atoms with van der Waals surface area (Å²) in [7, 11) is 0. The van der Waals surface area contributed by atoms with Gasteiger partial charge in [-0.05, 0) is 59.3 Å². The van der Waals surface area contributed by atoms with E-state index in [0.29, 0.717) is 5.95 Å². The van der Waals surface area contributed by atoms with E-state index in [2.05, 4.69) is 177 Å². The van der Waals surface area contributed by atoms with Crippen molar-refractivity contribution in [3.63, 3.8) is 0 Å². The number of thiophene rings is 1. The lowest BCUT2D eigenvalue weighted by Gasteiger charge is -2.12. The molecule has 0 aliphatic heterocycles. The molecule has 0 N–H and O–H groups in total.